The number of rotatable bonds is 0. The van der Waals surface area contributed by atoms with Gasteiger partial charge in [0.1, 0.15) is 22.3 Å². The van der Waals surface area contributed by atoms with Gasteiger partial charge in [-0.3, -0.25) is 0 Å². The smallest absolute Gasteiger partial charge is 0.126 e. The molecule has 10 aromatic rings. The van der Waals surface area contributed by atoms with Gasteiger partial charge < -0.3 is 0 Å². The molecule has 6 aromatic carbocycles. The number of fused-ring (bicyclic) bond motifs is 24. The van der Waals surface area contributed by atoms with Gasteiger partial charge in [0.2, 0.25) is 22.8 Å². The van der Waals surface area contributed by atoms with Gasteiger partial charge in [-0.25, -0.2) is 0 Å². The molecule has 8 heterocycles. The molecule has 0 fully saturated rings. The topological polar surface area (TPSA) is 15.5 Å². The van der Waals surface area contributed by atoms with Crippen molar-refractivity contribution in [3.8, 4) is 45.0 Å². The second kappa shape index (κ2) is 11.5. The van der Waals surface area contributed by atoms with E-state index in [1.54, 1.807) is 0 Å². The van der Waals surface area contributed by atoms with Crippen LogP contribution in [0.5, 0.6) is 0 Å². The van der Waals surface area contributed by atoms with Crippen molar-refractivity contribution in [2.24, 2.45) is 0 Å². The van der Waals surface area contributed by atoms with E-state index in [2.05, 4.69) is 237 Å². The summed E-state index contributed by atoms with van der Waals surface area (Å²) in [7, 11) is 0. The van der Waals surface area contributed by atoms with Crippen LogP contribution in [0.1, 0.15) is 22.3 Å². The Morgan fingerprint density at radius 3 is 1.05 bits per heavy atom. The summed E-state index contributed by atoms with van der Waals surface area (Å²) < 4.78 is 9.86. The maximum atomic E-state index is 2.48. The van der Waals surface area contributed by atoms with E-state index in [1.165, 1.54) is 88.8 Å². The fourth-order valence-corrected chi connectivity index (χ4v) is 11.0. The van der Waals surface area contributed by atoms with Crippen LogP contribution in [0.3, 0.4) is 0 Å². The molecular formula is C54H36N4+4. The highest BCUT2D eigenvalue weighted by Gasteiger charge is 2.68. The van der Waals surface area contributed by atoms with Gasteiger partial charge >= 0.3 is 11.3 Å². The Bertz CT molecular complexity index is 3060. The standard InChI is InChI=1S/2C27H18N2/c2*1-2-10-20-19(9-1)16-18-29-26(20)22-12-4-6-14-24(22)27(29)23-13-5-3-11-21(23)25-15-7-8-17-28(25)27/h2*1-18H/q2*+2. The van der Waals surface area contributed by atoms with Crippen molar-refractivity contribution in [1.82, 2.24) is 0 Å². The third-order valence-electron chi connectivity index (χ3n) is 13.1. The van der Waals surface area contributed by atoms with Crippen molar-refractivity contribution >= 4 is 21.5 Å². The molecule has 4 aliphatic rings. The number of hydrogen-bond acceptors (Lipinski definition) is 0. The average Bonchev–Trinajstić information content (AvgIpc) is 3.98. The SMILES string of the molecule is c1ccc2c(c1)-c1cccc[n+]1C21c2ccccc2-c2c3ccccc3cc[n+]21.c1ccc2c(c1)-c1cccc[n+]1C21c2ccccc2-c2c3ccccc3cc[n+]21. The Morgan fingerprint density at radius 1 is 0.259 bits per heavy atom. The Kier molecular flexibility index (Phi) is 6.27. The molecule has 14 rings (SSSR count). The minimum absolute atomic E-state index is 0.400. The largest absolute Gasteiger partial charge is 0.417 e. The first kappa shape index (κ1) is 31.6. The van der Waals surface area contributed by atoms with E-state index in [9.17, 15) is 0 Å². The van der Waals surface area contributed by atoms with Gasteiger partial charge in [0.05, 0.1) is 33.0 Å². The Balaban J connectivity index is 0.000000121. The van der Waals surface area contributed by atoms with Crippen LogP contribution < -0.4 is 18.3 Å². The summed E-state index contributed by atoms with van der Waals surface area (Å²) >= 11 is 0. The van der Waals surface area contributed by atoms with E-state index in [4.69, 9.17) is 0 Å². The molecule has 2 atom stereocenters. The van der Waals surface area contributed by atoms with E-state index in [1.807, 2.05) is 0 Å². The molecule has 4 aromatic heterocycles. The minimum atomic E-state index is -0.400. The predicted molar refractivity (Wildman–Crippen MR) is 226 cm³/mol. The quantitative estimate of drug-likeness (QED) is 0.138. The number of aromatic nitrogens is 4. The first-order valence-electron chi connectivity index (χ1n) is 20.1. The molecule has 268 valence electrons. The van der Waals surface area contributed by atoms with Crippen LogP contribution in [0.15, 0.2) is 219 Å². The molecule has 0 saturated carbocycles. The van der Waals surface area contributed by atoms with Crippen molar-refractivity contribution in [1.29, 1.82) is 0 Å². The zero-order valence-corrected chi connectivity index (χ0v) is 31.6. The fourth-order valence-electron chi connectivity index (χ4n) is 11.0. The second-order valence-corrected chi connectivity index (χ2v) is 15.7. The summed E-state index contributed by atoms with van der Waals surface area (Å²) in [6.45, 7) is 0. The summed E-state index contributed by atoms with van der Waals surface area (Å²) in [5.74, 6) is 0. The Hall–Kier alpha value is -7.56. The summed E-state index contributed by atoms with van der Waals surface area (Å²) in [4.78, 5) is 0. The van der Waals surface area contributed by atoms with E-state index in [-0.39, 0.29) is 0 Å². The van der Waals surface area contributed by atoms with Crippen LogP contribution in [0.4, 0.5) is 0 Å². The molecule has 2 unspecified atom stereocenters. The van der Waals surface area contributed by atoms with Crippen LogP contribution in [0, 0.1) is 0 Å². The van der Waals surface area contributed by atoms with Gasteiger partial charge in [0.25, 0.3) is 0 Å². The van der Waals surface area contributed by atoms with Crippen LogP contribution in [0.2, 0.25) is 0 Å². The fraction of sp³-hybridized carbons (Fsp3) is 0.0370. The lowest BCUT2D eigenvalue weighted by Crippen LogP contribution is -2.71. The third kappa shape index (κ3) is 3.75. The highest BCUT2D eigenvalue weighted by atomic mass is 15.3. The molecule has 0 amide bonds. The van der Waals surface area contributed by atoms with Gasteiger partial charge in [0, 0.05) is 36.4 Å². The molecule has 0 radical (unpaired) electrons. The minimum Gasteiger partial charge on any atom is -0.126 e. The third-order valence-corrected chi connectivity index (χ3v) is 13.1. The number of hydrogen-bond donors (Lipinski definition) is 0. The zero-order chi connectivity index (χ0) is 38.0. The molecule has 4 aliphatic heterocycles. The van der Waals surface area contributed by atoms with Gasteiger partial charge in [-0.2, -0.15) is 0 Å². The average molecular weight is 741 g/mol. The molecule has 58 heavy (non-hydrogen) atoms. The molecule has 0 N–H and O–H groups in total. The van der Waals surface area contributed by atoms with Gasteiger partial charge in [-0.1, -0.05) is 84.9 Å². The van der Waals surface area contributed by atoms with E-state index >= 15 is 0 Å². The number of benzene rings is 6. The summed E-state index contributed by atoms with van der Waals surface area (Å²) in [6, 6.07) is 70.4. The van der Waals surface area contributed by atoms with Gasteiger partial charge in [-0.05, 0) is 83.6 Å². The highest BCUT2D eigenvalue weighted by molar-refractivity contribution is 5.96. The lowest BCUT2D eigenvalue weighted by molar-refractivity contribution is -0.955. The Morgan fingerprint density at radius 2 is 0.603 bits per heavy atom. The zero-order valence-electron chi connectivity index (χ0n) is 31.6. The maximum absolute atomic E-state index is 2.48. The predicted octanol–water partition coefficient (Wildman–Crippen LogP) is 9.35. The van der Waals surface area contributed by atoms with Crippen LogP contribution in [0.25, 0.3) is 66.6 Å². The molecule has 4 heteroatoms. The molecule has 0 bridgehead atoms. The maximum Gasteiger partial charge on any atom is 0.417 e. The Labute approximate surface area is 336 Å². The van der Waals surface area contributed by atoms with Gasteiger partial charge in [0.15, 0.2) is 24.8 Å². The first-order chi connectivity index (χ1) is 28.8. The van der Waals surface area contributed by atoms with Crippen molar-refractivity contribution in [2.45, 2.75) is 11.3 Å². The lowest BCUT2D eigenvalue weighted by atomic mass is 9.90. The molecule has 4 nitrogen and oxygen atoms in total. The van der Waals surface area contributed by atoms with Crippen molar-refractivity contribution in [2.75, 3.05) is 0 Å². The second-order valence-electron chi connectivity index (χ2n) is 15.7. The van der Waals surface area contributed by atoms with E-state index in [0.717, 1.165) is 0 Å². The lowest BCUT2D eigenvalue weighted by Gasteiger charge is -2.17. The molecule has 0 aliphatic carbocycles. The van der Waals surface area contributed by atoms with Crippen molar-refractivity contribution in [3.63, 3.8) is 0 Å². The van der Waals surface area contributed by atoms with Crippen LogP contribution in [-0.4, -0.2) is 0 Å². The normalized spacial score (nSPS) is 17.8. The van der Waals surface area contributed by atoms with E-state index in [0.29, 0.717) is 0 Å². The van der Waals surface area contributed by atoms with Crippen LogP contribution in [-0.2, 0) is 11.3 Å². The molecule has 0 saturated heterocycles. The molecular weight excluding hydrogens is 705 g/mol. The van der Waals surface area contributed by atoms with Crippen molar-refractivity contribution in [3.05, 3.63) is 241 Å². The highest BCUT2D eigenvalue weighted by Crippen LogP contribution is 2.49. The summed E-state index contributed by atoms with van der Waals surface area (Å²) in [5, 5.41) is 5.13. The van der Waals surface area contributed by atoms with Gasteiger partial charge in [-0.15, -0.1) is 18.3 Å². The van der Waals surface area contributed by atoms with Crippen molar-refractivity contribution < 1.29 is 18.3 Å². The van der Waals surface area contributed by atoms with E-state index < -0.39 is 11.3 Å². The number of nitrogens with zero attached hydrogens (tertiary/aromatic N) is 4. The number of pyridine rings is 4. The monoisotopic (exact) mass is 740 g/mol. The van der Waals surface area contributed by atoms with Crippen LogP contribution >= 0.6 is 0 Å². The molecule has 2 spiro atoms. The summed E-state index contributed by atoms with van der Waals surface area (Å²) in [5.41, 5.74) is 14.8. The first-order valence-corrected chi connectivity index (χ1v) is 20.1. The summed E-state index contributed by atoms with van der Waals surface area (Å²) in [6.07, 6.45) is 8.99.